The minimum atomic E-state index is -0.129. The molecule has 1 aliphatic rings. The standard InChI is InChI=1S/C16H21N3O3/c1-4-12-5-6-14(22-12)16(20)19-7-8-21-9-13(19)15-10(2)17-18-11(15)3/h5-6,13H,4,7-9H2,1-3H3,(H,17,18)/t13-/m0/s1. The number of hydrogen-bond acceptors (Lipinski definition) is 4. The van der Waals surface area contributed by atoms with Gasteiger partial charge in [0, 0.05) is 24.2 Å². The predicted octanol–water partition coefficient (Wildman–Crippen LogP) is 2.40. The van der Waals surface area contributed by atoms with E-state index in [9.17, 15) is 4.79 Å². The highest BCUT2D eigenvalue weighted by atomic mass is 16.5. The number of rotatable bonds is 3. The maximum absolute atomic E-state index is 12.8. The quantitative estimate of drug-likeness (QED) is 0.945. The number of carbonyl (C=O) groups is 1. The third-order valence-corrected chi connectivity index (χ3v) is 4.13. The summed E-state index contributed by atoms with van der Waals surface area (Å²) in [5.41, 5.74) is 2.91. The van der Waals surface area contributed by atoms with E-state index in [2.05, 4.69) is 10.2 Å². The normalized spacial score (nSPS) is 18.7. The Balaban J connectivity index is 1.91. The average Bonchev–Trinajstić information content (AvgIpc) is 3.14. The van der Waals surface area contributed by atoms with Crippen LogP contribution in [-0.4, -0.2) is 40.8 Å². The van der Waals surface area contributed by atoms with Crippen LogP contribution in [0.1, 0.15) is 46.2 Å². The van der Waals surface area contributed by atoms with Crippen LogP contribution in [0.15, 0.2) is 16.5 Å². The van der Waals surface area contributed by atoms with Crippen molar-refractivity contribution in [2.75, 3.05) is 19.8 Å². The van der Waals surface area contributed by atoms with Gasteiger partial charge in [-0.2, -0.15) is 5.10 Å². The van der Waals surface area contributed by atoms with Crippen molar-refractivity contribution in [3.8, 4) is 0 Å². The zero-order valence-electron chi connectivity index (χ0n) is 13.2. The molecule has 0 unspecified atom stereocenters. The van der Waals surface area contributed by atoms with Crippen LogP contribution in [0.4, 0.5) is 0 Å². The first-order chi connectivity index (χ1) is 10.6. The van der Waals surface area contributed by atoms with Crippen LogP contribution in [0.2, 0.25) is 0 Å². The van der Waals surface area contributed by atoms with Crippen LogP contribution in [0.25, 0.3) is 0 Å². The fourth-order valence-corrected chi connectivity index (χ4v) is 2.96. The molecular weight excluding hydrogens is 282 g/mol. The third kappa shape index (κ3) is 2.54. The monoisotopic (exact) mass is 303 g/mol. The molecule has 6 nitrogen and oxygen atoms in total. The number of ether oxygens (including phenoxy) is 1. The molecular formula is C16H21N3O3. The molecule has 1 aliphatic heterocycles. The van der Waals surface area contributed by atoms with Crippen molar-refractivity contribution in [1.29, 1.82) is 0 Å². The van der Waals surface area contributed by atoms with Crippen molar-refractivity contribution in [3.05, 3.63) is 40.6 Å². The summed E-state index contributed by atoms with van der Waals surface area (Å²) in [6, 6.07) is 3.48. The number of furan rings is 1. The molecule has 6 heteroatoms. The lowest BCUT2D eigenvalue weighted by molar-refractivity contribution is -0.00464. The average molecular weight is 303 g/mol. The Hall–Kier alpha value is -2.08. The fourth-order valence-electron chi connectivity index (χ4n) is 2.96. The van der Waals surface area contributed by atoms with Crippen molar-refractivity contribution >= 4 is 5.91 Å². The van der Waals surface area contributed by atoms with Crippen molar-refractivity contribution in [2.45, 2.75) is 33.2 Å². The van der Waals surface area contributed by atoms with Gasteiger partial charge in [-0.25, -0.2) is 0 Å². The number of aryl methyl sites for hydroxylation is 3. The van der Waals surface area contributed by atoms with Crippen molar-refractivity contribution in [2.24, 2.45) is 0 Å². The second-order valence-electron chi connectivity index (χ2n) is 5.56. The number of aromatic amines is 1. The van der Waals surface area contributed by atoms with E-state index < -0.39 is 0 Å². The molecule has 3 heterocycles. The minimum Gasteiger partial charge on any atom is -0.456 e. The highest BCUT2D eigenvalue weighted by molar-refractivity contribution is 5.92. The molecule has 0 saturated carbocycles. The molecule has 1 fully saturated rings. The lowest BCUT2D eigenvalue weighted by Crippen LogP contribution is -2.43. The van der Waals surface area contributed by atoms with E-state index in [4.69, 9.17) is 9.15 Å². The lowest BCUT2D eigenvalue weighted by atomic mass is 10.0. The van der Waals surface area contributed by atoms with Gasteiger partial charge in [-0.05, 0) is 26.0 Å². The number of aromatic nitrogens is 2. The second-order valence-corrected chi connectivity index (χ2v) is 5.56. The molecule has 1 N–H and O–H groups in total. The van der Waals surface area contributed by atoms with Gasteiger partial charge in [-0.1, -0.05) is 6.92 Å². The molecule has 1 atom stereocenters. The molecule has 2 aromatic heterocycles. The zero-order valence-corrected chi connectivity index (χ0v) is 13.2. The Kier molecular flexibility index (Phi) is 4.02. The van der Waals surface area contributed by atoms with Crippen LogP contribution in [0.3, 0.4) is 0 Å². The topological polar surface area (TPSA) is 71.4 Å². The summed E-state index contributed by atoms with van der Waals surface area (Å²) in [5, 5.41) is 7.21. The van der Waals surface area contributed by atoms with E-state index in [1.807, 2.05) is 31.7 Å². The van der Waals surface area contributed by atoms with Gasteiger partial charge >= 0.3 is 0 Å². The molecule has 0 bridgehead atoms. The number of carbonyl (C=O) groups excluding carboxylic acids is 1. The zero-order chi connectivity index (χ0) is 15.7. The number of nitrogens with one attached hydrogen (secondary N) is 1. The van der Waals surface area contributed by atoms with Crippen LogP contribution < -0.4 is 0 Å². The summed E-state index contributed by atoms with van der Waals surface area (Å²) in [5.74, 6) is 1.12. The van der Waals surface area contributed by atoms with E-state index in [-0.39, 0.29) is 11.9 Å². The van der Waals surface area contributed by atoms with Gasteiger partial charge in [-0.15, -0.1) is 0 Å². The molecule has 22 heavy (non-hydrogen) atoms. The van der Waals surface area contributed by atoms with Gasteiger partial charge in [0.25, 0.3) is 5.91 Å². The first kappa shape index (κ1) is 14.8. The van der Waals surface area contributed by atoms with Crippen LogP contribution in [0.5, 0.6) is 0 Å². The highest BCUT2D eigenvalue weighted by Gasteiger charge is 2.33. The number of H-pyrrole nitrogens is 1. The Morgan fingerprint density at radius 3 is 2.91 bits per heavy atom. The molecule has 0 aliphatic carbocycles. The molecule has 1 amide bonds. The Morgan fingerprint density at radius 1 is 1.45 bits per heavy atom. The smallest absolute Gasteiger partial charge is 0.290 e. The molecule has 0 aromatic carbocycles. The summed E-state index contributed by atoms with van der Waals surface area (Å²) in [6.45, 7) is 7.49. The first-order valence-electron chi connectivity index (χ1n) is 7.60. The van der Waals surface area contributed by atoms with Crippen molar-refractivity contribution in [3.63, 3.8) is 0 Å². The lowest BCUT2D eigenvalue weighted by Gasteiger charge is -2.35. The Morgan fingerprint density at radius 2 is 2.27 bits per heavy atom. The molecule has 1 saturated heterocycles. The van der Waals surface area contributed by atoms with Crippen molar-refractivity contribution < 1.29 is 13.9 Å². The van der Waals surface area contributed by atoms with Gasteiger partial charge in [-0.3, -0.25) is 9.89 Å². The van der Waals surface area contributed by atoms with Gasteiger partial charge in [0.05, 0.1) is 24.9 Å². The number of amides is 1. The number of hydrogen-bond donors (Lipinski definition) is 1. The van der Waals surface area contributed by atoms with Crippen LogP contribution >= 0.6 is 0 Å². The molecule has 0 spiro atoms. The maximum Gasteiger partial charge on any atom is 0.290 e. The van der Waals surface area contributed by atoms with Crippen molar-refractivity contribution in [1.82, 2.24) is 15.1 Å². The first-order valence-corrected chi connectivity index (χ1v) is 7.60. The fraction of sp³-hybridized carbons (Fsp3) is 0.500. The summed E-state index contributed by atoms with van der Waals surface area (Å²) >= 11 is 0. The largest absolute Gasteiger partial charge is 0.456 e. The Bertz CT molecular complexity index is 654. The summed E-state index contributed by atoms with van der Waals surface area (Å²) < 4.78 is 11.2. The molecule has 2 aromatic rings. The van der Waals surface area contributed by atoms with Gasteiger partial charge in [0.2, 0.25) is 0 Å². The Labute approximate surface area is 129 Å². The second kappa shape index (κ2) is 5.96. The van der Waals surface area contributed by atoms with E-state index in [0.29, 0.717) is 25.5 Å². The van der Waals surface area contributed by atoms with Gasteiger partial charge in [0.15, 0.2) is 5.76 Å². The van der Waals surface area contributed by atoms with E-state index in [1.54, 1.807) is 6.07 Å². The third-order valence-electron chi connectivity index (χ3n) is 4.13. The molecule has 3 rings (SSSR count). The van der Waals surface area contributed by atoms with Crippen LogP contribution in [-0.2, 0) is 11.2 Å². The predicted molar refractivity (Wildman–Crippen MR) is 80.7 cm³/mol. The molecule has 0 radical (unpaired) electrons. The number of morpholine rings is 1. The van der Waals surface area contributed by atoms with E-state index in [0.717, 1.165) is 29.1 Å². The summed E-state index contributed by atoms with van der Waals surface area (Å²) in [6.07, 6.45) is 0.778. The summed E-state index contributed by atoms with van der Waals surface area (Å²) in [7, 11) is 0. The number of nitrogens with zero attached hydrogens (tertiary/aromatic N) is 2. The highest BCUT2D eigenvalue weighted by Crippen LogP contribution is 2.29. The minimum absolute atomic E-state index is 0.0898. The van der Waals surface area contributed by atoms with Gasteiger partial charge < -0.3 is 14.1 Å². The van der Waals surface area contributed by atoms with E-state index in [1.165, 1.54) is 0 Å². The molecule has 118 valence electrons. The van der Waals surface area contributed by atoms with Gasteiger partial charge in [0.1, 0.15) is 5.76 Å². The van der Waals surface area contributed by atoms with Crippen LogP contribution in [0, 0.1) is 13.8 Å². The SMILES string of the molecule is CCc1ccc(C(=O)N2CCOC[C@H]2c2c(C)n[nH]c2C)o1. The maximum atomic E-state index is 12.8. The summed E-state index contributed by atoms with van der Waals surface area (Å²) in [4.78, 5) is 14.6. The van der Waals surface area contributed by atoms with E-state index >= 15 is 0 Å².